The summed E-state index contributed by atoms with van der Waals surface area (Å²) in [4.78, 5) is 0. The molecule has 3 atom stereocenters. The lowest BCUT2D eigenvalue weighted by molar-refractivity contribution is -0.745. The van der Waals surface area contributed by atoms with Crippen LogP contribution in [0, 0.1) is 5.92 Å². The minimum atomic E-state index is 0.120. The van der Waals surface area contributed by atoms with E-state index in [1.165, 1.54) is 0 Å². The Balaban J connectivity index is 1.92. The van der Waals surface area contributed by atoms with Gasteiger partial charge >= 0.3 is 0 Å². The smallest absolute Gasteiger partial charge is 0.161 e. The molecule has 0 bridgehead atoms. The highest BCUT2D eigenvalue weighted by Crippen LogP contribution is 2.32. The van der Waals surface area contributed by atoms with E-state index < -0.39 is 0 Å². The van der Waals surface area contributed by atoms with Crippen molar-refractivity contribution in [1.29, 1.82) is 0 Å². The normalized spacial score (nSPS) is 28.0. The predicted molar refractivity (Wildman–Crippen MR) is 77.1 cm³/mol. The lowest BCUT2D eigenvalue weighted by Gasteiger charge is -2.33. The van der Waals surface area contributed by atoms with E-state index in [2.05, 4.69) is 17.4 Å². The van der Waals surface area contributed by atoms with E-state index in [1.54, 1.807) is 12.5 Å². The lowest BCUT2D eigenvalue weighted by atomic mass is 9.81. The van der Waals surface area contributed by atoms with E-state index >= 15 is 0 Å². The molecule has 5 heteroatoms. The summed E-state index contributed by atoms with van der Waals surface area (Å²) in [6.07, 6.45) is 6.09. The van der Waals surface area contributed by atoms with Gasteiger partial charge in [-0.2, -0.15) is 0 Å². The molecule has 1 fully saturated rings. The highest BCUT2D eigenvalue weighted by Gasteiger charge is 2.42. The van der Waals surface area contributed by atoms with Gasteiger partial charge in [0.2, 0.25) is 0 Å². The third kappa shape index (κ3) is 2.74. The minimum absolute atomic E-state index is 0.120. The number of rotatable bonds is 4. The van der Waals surface area contributed by atoms with Crippen LogP contribution in [0.2, 0.25) is 0 Å². The third-order valence-electron chi connectivity index (χ3n) is 4.24. The number of nitrogens with zero attached hydrogens (tertiary/aromatic N) is 1. The summed E-state index contributed by atoms with van der Waals surface area (Å²) in [5.41, 5.74) is 0.835. The summed E-state index contributed by atoms with van der Waals surface area (Å²) in [5, 5.41) is 15.3. The molecule has 3 N–H and O–H groups in total. The van der Waals surface area contributed by atoms with Gasteiger partial charge in [-0.05, 0) is 30.7 Å². The summed E-state index contributed by atoms with van der Waals surface area (Å²) in [7, 11) is 0. The van der Waals surface area contributed by atoms with Crippen molar-refractivity contribution in [2.75, 3.05) is 0 Å². The van der Waals surface area contributed by atoms with E-state index in [1.807, 2.05) is 24.3 Å². The van der Waals surface area contributed by atoms with Crippen molar-refractivity contribution >= 4 is 5.71 Å². The van der Waals surface area contributed by atoms with Gasteiger partial charge in [0.05, 0.1) is 24.2 Å². The molecule has 0 spiro atoms. The predicted octanol–water partition coefficient (Wildman–Crippen LogP) is 2.87. The Morgan fingerprint density at radius 3 is 2.52 bits per heavy atom. The molecule has 5 nitrogen and oxygen atoms in total. The van der Waals surface area contributed by atoms with Crippen molar-refractivity contribution in [2.24, 2.45) is 11.1 Å². The van der Waals surface area contributed by atoms with Crippen molar-refractivity contribution in [3.05, 3.63) is 48.3 Å². The van der Waals surface area contributed by atoms with Crippen molar-refractivity contribution in [1.82, 2.24) is 0 Å². The van der Waals surface area contributed by atoms with Crippen molar-refractivity contribution in [3.63, 3.8) is 0 Å². The monoisotopic (exact) mass is 289 g/mol. The Labute approximate surface area is 123 Å². The van der Waals surface area contributed by atoms with Crippen molar-refractivity contribution in [3.8, 4) is 0 Å². The van der Waals surface area contributed by atoms with Crippen LogP contribution in [0.1, 0.15) is 49.8 Å². The van der Waals surface area contributed by atoms with Crippen molar-refractivity contribution in [2.45, 2.75) is 38.3 Å². The molecule has 2 aromatic rings. The van der Waals surface area contributed by atoms with E-state index in [0.717, 1.165) is 30.1 Å². The van der Waals surface area contributed by atoms with Gasteiger partial charge in [0, 0.05) is 6.42 Å². The topological polar surface area (TPSA) is 75.5 Å². The number of hydrogen-bond donors (Lipinski definition) is 2. The van der Waals surface area contributed by atoms with Crippen LogP contribution in [0.15, 0.2) is 50.8 Å². The van der Waals surface area contributed by atoms with Gasteiger partial charge in [0.25, 0.3) is 0 Å². The molecule has 2 aromatic heterocycles. The first-order chi connectivity index (χ1) is 10.3. The van der Waals surface area contributed by atoms with Crippen molar-refractivity contribution < 1.29 is 19.4 Å². The Morgan fingerprint density at radius 2 is 1.95 bits per heavy atom. The Hall–Kier alpha value is -2.01. The first-order valence-corrected chi connectivity index (χ1v) is 7.46. The van der Waals surface area contributed by atoms with Crippen LogP contribution in [0.25, 0.3) is 0 Å². The number of hydrogen-bond acceptors (Lipinski definition) is 4. The average molecular weight is 289 g/mol. The molecule has 0 aliphatic carbocycles. The lowest BCUT2D eigenvalue weighted by Crippen LogP contribution is -2.90. The van der Waals surface area contributed by atoms with Crippen LogP contribution in [0.4, 0.5) is 0 Å². The standard InChI is InChI=1S/C16H20N2O3/c1-2-5-11-12(18-19)10-13(14-6-3-8-20-14)17-16(11)15-7-4-9-21-15/h3-4,6-9,11,13,16-17,19H,2,5,10H2,1H3/p+1/b18-12+/t11-,13+,16-/m1/s1. The van der Waals surface area contributed by atoms with Crippen LogP contribution < -0.4 is 5.32 Å². The van der Waals surface area contributed by atoms with E-state index in [0.29, 0.717) is 6.42 Å². The summed E-state index contributed by atoms with van der Waals surface area (Å²) in [6, 6.07) is 7.99. The second kappa shape index (κ2) is 6.18. The molecule has 21 heavy (non-hydrogen) atoms. The van der Waals surface area contributed by atoms with Gasteiger partial charge in [-0.25, -0.2) is 0 Å². The van der Waals surface area contributed by atoms with Gasteiger partial charge in [0.1, 0.15) is 0 Å². The second-order valence-corrected chi connectivity index (χ2v) is 5.55. The van der Waals surface area contributed by atoms with Gasteiger partial charge in [-0.3, -0.25) is 0 Å². The zero-order chi connectivity index (χ0) is 14.7. The summed E-state index contributed by atoms with van der Waals surface area (Å²) in [5.74, 6) is 2.02. The number of oxime groups is 1. The summed E-state index contributed by atoms with van der Waals surface area (Å²) >= 11 is 0. The van der Waals surface area contributed by atoms with Gasteiger partial charge < -0.3 is 19.4 Å². The van der Waals surface area contributed by atoms with E-state index in [4.69, 9.17) is 8.83 Å². The van der Waals surface area contributed by atoms with E-state index in [-0.39, 0.29) is 18.0 Å². The highest BCUT2D eigenvalue weighted by atomic mass is 16.4. The van der Waals surface area contributed by atoms with Crippen LogP contribution in [0.5, 0.6) is 0 Å². The summed E-state index contributed by atoms with van der Waals surface area (Å²) in [6.45, 7) is 2.15. The minimum Gasteiger partial charge on any atom is -0.463 e. The average Bonchev–Trinajstić information content (AvgIpc) is 3.21. The maximum atomic E-state index is 9.43. The van der Waals surface area contributed by atoms with Crippen LogP contribution in [-0.4, -0.2) is 10.9 Å². The first kappa shape index (κ1) is 13.9. The first-order valence-electron chi connectivity index (χ1n) is 7.46. The maximum Gasteiger partial charge on any atom is 0.161 e. The van der Waals surface area contributed by atoms with Gasteiger partial charge in [-0.15, -0.1) is 0 Å². The fraction of sp³-hybridized carbons (Fsp3) is 0.438. The molecule has 1 aliphatic heterocycles. The fourth-order valence-corrected chi connectivity index (χ4v) is 3.28. The molecule has 0 radical (unpaired) electrons. The molecule has 0 unspecified atom stereocenters. The quantitative estimate of drug-likeness (QED) is 0.671. The third-order valence-corrected chi connectivity index (χ3v) is 4.24. The molecule has 1 aliphatic rings. The zero-order valence-corrected chi connectivity index (χ0v) is 12.1. The molecule has 0 saturated carbocycles. The Kier molecular flexibility index (Phi) is 4.10. The molecule has 3 heterocycles. The number of furan rings is 2. The summed E-state index contributed by atoms with van der Waals surface area (Å²) < 4.78 is 11.1. The largest absolute Gasteiger partial charge is 0.463 e. The highest BCUT2D eigenvalue weighted by molar-refractivity contribution is 5.87. The SMILES string of the molecule is CCC[C@@H]1/C(=N/O)C[C@@H](c2ccco2)[NH2+][C@H]1c1ccco1. The molecule has 112 valence electrons. The zero-order valence-electron chi connectivity index (χ0n) is 12.1. The van der Waals surface area contributed by atoms with Gasteiger partial charge in [-0.1, -0.05) is 18.5 Å². The van der Waals surface area contributed by atoms with Crippen LogP contribution in [-0.2, 0) is 0 Å². The van der Waals surface area contributed by atoms with Crippen LogP contribution in [0.3, 0.4) is 0 Å². The number of piperidine rings is 1. The molecule has 1 saturated heterocycles. The number of nitrogens with two attached hydrogens (primary N) is 1. The molecular formula is C16H21N2O3+. The molecule has 0 amide bonds. The molecular weight excluding hydrogens is 268 g/mol. The Morgan fingerprint density at radius 1 is 1.24 bits per heavy atom. The molecule has 3 rings (SSSR count). The molecule has 0 aromatic carbocycles. The maximum absolute atomic E-state index is 9.43. The fourth-order valence-electron chi connectivity index (χ4n) is 3.28. The van der Waals surface area contributed by atoms with Gasteiger partial charge in [0.15, 0.2) is 23.6 Å². The van der Waals surface area contributed by atoms with Crippen LogP contribution >= 0.6 is 0 Å². The Bertz CT molecular complexity index is 575. The second-order valence-electron chi connectivity index (χ2n) is 5.55. The van der Waals surface area contributed by atoms with E-state index in [9.17, 15) is 5.21 Å². The number of quaternary nitrogens is 1.